The summed E-state index contributed by atoms with van der Waals surface area (Å²) < 4.78 is 5.18. The molecule has 2 heteroatoms. The molecule has 1 heterocycles. The molecule has 0 fully saturated rings. The van der Waals surface area contributed by atoms with Crippen molar-refractivity contribution in [3.05, 3.63) is 42.6 Å². The Kier molecular flexibility index (Phi) is 2.04. The lowest BCUT2D eigenvalue weighted by molar-refractivity contribution is 0.402. The number of hydrogen-bond donors (Lipinski definition) is 1. The molecule has 1 aromatic heterocycles. The van der Waals surface area contributed by atoms with E-state index in [1.807, 2.05) is 30.5 Å². The summed E-state index contributed by atoms with van der Waals surface area (Å²) >= 11 is 0. The van der Waals surface area contributed by atoms with Crippen LogP contribution in [0.2, 0.25) is 0 Å². The number of rotatable bonds is 2. The number of benzene rings is 1. The summed E-state index contributed by atoms with van der Waals surface area (Å²) in [5, 5.41) is 0. The topological polar surface area (TPSA) is 25.0 Å². The molecule has 1 aromatic carbocycles. The summed E-state index contributed by atoms with van der Waals surface area (Å²) in [7, 11) is 1.66. The van der Waals surface area contributed by atoms with Gasteiger partial charge in [-0.2, -0.15) is 0 Å². The molecule has 66 valence electrons. The van der Waals surface area contributed by atoms with Crippen molar-refractivity contribution in [3.63, 3.8) is 0 Å². The average molecular weight is 173 g/mol. The highest BCUT2D eigenvalue weighted by molar-refractivity contribution is 5.68. The van der Waals surface area contributed by atoms with Crippen LogP contribution in [0.25, 0.3) is 11.1 Å². The van der Waals surface area contributed by atoms with E-state index in [1.165, 1.54) is 5.56 Å². The first-order valence-corrected chi connectivity index (χ1v) is 4.18. The maximum absolute atomic E-state index is 5.18. The Labute approximate surface area is 77.2 Å². The molecule has 0 radical (unpaired) electrons. The Balaban J connectivity index is 2.47. The number of ether oxygens (including phenoxy) is 1. The molecule has 1 N–H and O–H groups in total. The van der Waals surface area contributed by atoms with Crippen molar-refractivity contribution in [2.45, 2.75) is 0 Å². The third-order valence-corrected chi connectivity index (χ3v) is 2.00. The molecule has 0 saturated carbocycles. The molecular weight excluding hydrogens is 162 g/mol. The summed E-state index contributed by atoms with van der Waals surface area (Å²) in [5.74, 6) is 0.811. The predicted octanol–water partition coefficient (Wildman–Crippen LogP) is 2.69. The predicted molar refractivity (Wildman–Crippen MR) is 52.8 cm³/mol. The van der Waals surface area contributed by atoms with Crippen LogP contribution in [0.1, 0.15) is 0 Å². The molecule has 0 bridgehead atoms. The maximum atomic E-state index is 5.18. The molecule has 0 aliphatic carbocycles. The third kappa shape index (κ3) is 1.43. The Morgan fingerprint density at radius 2 is 1.85 bits per heavy atom. The highest BCUT2D eigenvalue weighted by Gasteiger charge is 2.04. The van der Waals surface area contributed by atoms with E-state index in [0.717, 1.165) is 11.4 Å². The van der Waals surface area contributed by atoms with Crippen LogP contribution < -0.4 is 4.74 Å². The Hall–Kier alpha value is -1.70. The van der Waals surface area contributed by atoms with E-state index in [9.17, 15) is 0 Å². The zero-order valence-corrected chi connectivity index (χ0v) is 7.45. The van der Waals surface area contributed by atoms with Crippen molar-refractivity contribution in [3.8, 4) is 17.0 Å². The molecule has 0 spiro atoms. The molecule has 0 aliphatic rings. The van der Waals surface area contributed by atoms with Gasteiger partial charge >= 0.3 is 0 Å². The van der Waals surface area contributed by atoms with Crippen LogP contribution in [-0.2, 0) is 0 Å². The maximum Gasteiger partial charge on any atom is 0.198 e. The van der Waals surface area contributed by atoms with Gasteiger partial charge in [-0.1, -0.05) is 30.3 Å². The van der Waals surface area contributed by atoms with Crippen molar-refractivity contribution < 1.29 is 4.74 Å². The van der Waals surface area contributed by atoms with Gasteiger partial charge in [-0.25, -0.2) is 0 Å². The van der Waals surface area contributed by atoms with Gasteiger partial charge in [0.25, 0.3) is 0 Å². The molecule has 2 rings (SSSR count). The van der Waals surface area contributed by atoms with Gasteiger partial charge in [0.05, 0.1) is 7.11 Å². The van der Waals surface area contributed by atoms with Gasteiger partial charge in [0.15, 0.2) is 5.88 Å². The van der Waals surface area contributed by atoms with Crippen LogP contribution in [0.3, 0.4) is 0 Å². The van der Waals surface area contributed by atoms with Crippen LogP contribution >= 0.6 is 0 Å². The largest absolute Gasteiger partial charge is 0.482 e. The highest BCUT2D eigenvalue weighted by Crippen LogP contribution is 2.27. The number of aromatic amines is 1. The van der Waals surface area contributed by atoms with E-state index in [4.69, 9.17) is 4.74 Å². The lowest BCUT2D eigenvalue weighted by atomic mass is 10.1. The van der Waals surface area contributed by atoms with Gasteiger partial charge in [-0.3, -0.25) is 0 Å². The summed E-state index contributed by atoms with van der Waals surface area (Å²) in [5.41, 5.74) is 2.27. The number of methoxy groups -OCH3 is 1. The molecule has 13 heavy (non-hydrogen) atoms. The zero-order valence-electron chi connectivity index (χ0n) is 7.45. The first-order valence-electron chi connectivity index (χ1n) is 4.18. The van der Waals surface area contributed by atoms with Crippen LogP contribution in [-0.4, -0.2) is 12.1 Å². The summed E-state index contributed by atoms with van der Waals surface area (Å²) in [6.07, 6.45) is 1.88. The number of H-pyrrole nitrogens is 1. The Bertz CT molecular complexity index is 378. The molecule has 0 saturated heterocycles. The lowest BCUT2D eigenvalue weighted by Crippen LogP contribution is -1.84. The third-order valence-electron chi connectivity index (χ3n) is 2.00. The van der Waals surface area contributed by atoms with Crippen molar-refractivity contribution in [2.75, 3.05) is 7.11 Å². The SMILES string of the molecule is COc1[nH]ccc1-c1ccccc1. The highest BCUT2D eigenvalue weighted by atomic mass is 16.5. The zero-order chi connectivity index (χ0) is 9.10. The summed E-state index contributed by atoms with van der Waals surface area (Å²) in [4.78, 5) is 3.03. The molecule has 2 nitrogen and oxygen atoms in total. The Morgan fingerprint density at radius 3 is 2.54 bits per heavy atom. The van der Waals surface area contributed by atoms with Gasteiger partial charge < -0.3 is 9.72 Å². The lowest BCUT2D eigenvalue weighted by Gasteiger charge is -2.01. The van der Waals surface area contributed by atoms with E-state index >= 15 is 0 Å². The molecule has 2 aromatic rings. The van der Waals surface area contributed by atoms with Gasteiger partial charge in [-0.05, 0) is 11.6 Å². The average Bonchev–Trinajstić information content (AvgIpc) is 2.67. The fourth-order valence-electron chi connectivity index (χ4n) is 1.37. The van der Waals surface area contributed by atoms with Gasteiger partial charge in [0.2, 0.25) is 0 Å². The van der Waals surface area contributed by atoms with Gasteiger partial charge in [0, 0.05) is 11.8 Å². The second-order valence-corrected chi connectivity index (χ2v) is 2.79. The second kappa shape index (κ2) is 3.35. The summed E-state index contributed by atoms with van der Waals surface area (Å²) in [6, 6.07) is 12.2. The molecule has 0 aliphatic heterocycles. The minimum atomic E-state index is 0.811. The van der Waals surface area contributed by atoms with Crippen molar-refractivity contribution in [1.29, 1.82) is 0 Å². The fraction of sp³-hybridized carbons (Fsp3) is 0.0909. The van der Waals surface area contributed by atoms with E-state index in [1.54, 1.807) is 7.11 Å². The van der Waals surface area contributed by atoms with E-state index < -0.39 is 0 Å². The molecule has 0 unspecified atom stereocenters. The van der Waals surface area contributed by atoms with Crippen molar-refractivity contribution in [2.24, 2.45) is 0 Å². The molecular formula is C11H11NO. The van der Waals surface area contributed by atoms with Crippen LogP contribution in [0.5, 0.6) is 5.88 Å². The smallest absolute Gasteiger partial charge is 0.198 e. The number of nitrogens with one attached hydrogen (secondary N) is 1. The van der Waals surface area contributed by atoms with Gasteiger partial charge in [0.1, 0.15) is 0 Å². The Morgan fingerprint density at radius 1 is 1.08 bits per heavy atom. The minimum absolute atomic E-state index is 0.811. The summed E-state index contributed by atoms with van der Waals surface area (Å²) in [6.45, 7) is 0. The second-order valence-electron chi connectivity index (χ2n) is 2.79. The number of hydrogen-bond acceptors (Lipinski definition) is 1. The fourth-order valence-corrected chi connectivity index (χ4v) is 1.37. The van der Waals surface area contributed by atoms with Crippen molar-refractivity contribution in [1.82, 2.24) is 4.98 Å². The monoisotopic (exact) mass is 173 g/mol. The molecule has 0 atom stereocenters. The van der Waals surface area contributed by atoms with Gasteiger partial charge in [-0.15, -0.1) is 0 Å². The first-order chi connectivity index (χ1) is 6.42. The normalized spacial score (nSPS) is 9.92. The molecule has 0 amide bonds. The van der Waals surface area contributed by atoms with E-state index in [2.05, 4.69) is 17.1 Å². The van der Waals surface area contributed by atoms with Crippen molar-refractivity contribution >= 4 is 0 Å². The standard InChI is InChI=1S/C11H11NO/c1-13-11-10(7-8-12-11)9-5-3-2-4-6-9/h2-8,12H,1H3. The van der Waals surface area contributed by atoms with Crippen LogP contribution in [0.15, 0.2) is 42.6 Å². The number of aromatic nitrogens is 1. The van der Waals surface area contributed by atoms with E-state index in [-0.39, 0.29) is 0 Å². The van der Waals surface area contributed by atoms with Crippen LogP contribution in [0.4, 0.5) is 0 Å². The van der Waals surface area contributed by atoms with E-state index in [0.29, 0.717) is 0 Å². The quantitative estimate of drug-likeness (QED) is 0.742. The minimum Gasteiger partial charge on any atom is -0.482 e. The first kappa shape index (κ1) is 7.92. The van der Waals surface area contributed by atoms with Crippen LogP contribution in [0, 0.1) is 0 Å².